The minimum absolute atomic E-state index is 0.00214. The zero-order valence-electron chi connectivity index (χ0n) is 24.6. The SMILES string of the molecule is CC1CN(c2ccc(Nc3ncc4c(n3)N(C)CN(c3c(Cl)cccc3Cl)C4=O)cc2)C(C)CN1C(=O)OC(C)(C)C. The summed E-state index contributed by atoms with van der Waals surface area (Å²) in [6.07, 6.45) is 1.24. The first-order valence-corrected chi connectivity index (χ1v) is 14.6. The molecule has 0 spiro atoms. The molecule has 2 unspecified atom stereocenters. The first-order valence-electron chi connectivity index (χ1n) is 13.8. The first-order chi connectivity index (χ1) is 19.8. The van der Waals surface area contributed by atoms with Crippen LogP contribution in [0.15, 0.2) is 48.7 Å². The van der Waals surface area contributed by atoms with Gasteiger partial charge in [0.05, 0.1) is 22.4 Å². The van der Waals surface area contributed by atoms with Crippen LogP contribution in [0, 0.1) is 0 Å². The molecule has 2 atom stereocenters. The Morgan fingerprint density at radius 3 is 2.33 bits per heavy atom. The fourth-order valence-electron chi connectivity index (χ4n) is 5.21. The molecule has 2 aliphatic rings. The summed E-state index contributed by atoms with van der Waals surface area (Å²) in [6, 6.07) is 13.3. The van der Waals surface area contributed by atoms with Crippen LogP contribution in [0.25, 0.3) is 0 Å². The average Bonchev–Trinajstić information content (AvgIpc) is 2.92. The number of nitrogens with one attached hydrogen (secondary N) is 1. The van der Waals surface area contributed by atoms with Crippen LogP contribution in [0.3, 0.4) is 0 Å². The fourth-order valence-corrected chi connectivity index (χ4v) is 5.81. The van der Waals surface area contributed by atoms with E-state index in [0.717, 1.165) is 11.4 Å². The third-order valence-electron chi connectivity index (χ3n) is 7.24. The number of carbonyl (C=O) groups is 2. The zero-order valence-corrected chi connectivity index (χ0v) is 26.1. The lowest BCUT2D eigenvalue weighted by atomic mass is 10.1. The highest BCUT2D eigenvalue weighted by molar-refractivity contribution is 6.40. The average molecular weight is 613 g/mol. The predicted octanol–water partition coefficient (Wildman–Crippen LogP) is 6.42. The van der Waals surface area contributed by atoms with Gasteiger partial charge in [-0.2, -0.15) is 4.98 Å². The van der Waals surface area contributed by atoms with E-state index in [1.54, 1.807) is 23.1 Å². The van der Waals surface area contributed by atoms with Gasteiger partial charge in [0, 0.05) is 49.8 Å². The van der Waals surface area contributed by atoms with Crippen molar-refractivity contribution in [1.29, 1.82) is 0 Å². The van der Waals surface area contributed by atoms with Crippen molar-refractivity contribution in [2.24, 2.45) is 0 Å². The second-order valence-corrected chi connectivity index (χ2v) is 12.5. The van der Waals surface area contributed by atoms with Crippen LogP contribution >= 0.6 is 23.2 Å². The van der Waals surface area contributed by atoms with E-state index < -0.39 is 5.60 Å². The highest BCUT2D eigenvalue weighted by atomic mass is 35.5. The largest absolute Gasteiger partial charge is 0.444 e. The predicted molar refractivity (Wildman–Crippen MR) is 168 cm³/mol. The van der Waals surface area contributed by atoms with E-state index in [1.165, 1.54) is 11.1 Å². The van der Waals surface area contributed by atoms with Gasteiger partial charge >= 0.3 is 6.09 Å². The maximum absolute atomic E-state index is 13.3. The third kappa shape index (κ3) is 6.05. The smallest absolute Gasteiger partial charge is 0.410 e. The lowest BCUT2D eigenvalue weighted by molar-refractivity contribution is 0.0130. The van der Waals surface area contributed by atoms with Crippen molar-refractivity contribution in [3.05, 3.63) is 64.3 Å². The molecule has 1 N–H and O–H groups in total. The van der Waals surface area contributed by atoms with Crippen LogP contribution in [0.2, 0.25) is 10.0 Å². The van der Waals surface area contributed by atoms with E-state index in [0.29, 0.717) is 46.2 Å². The number of anilines is 5. The van der Waals surface area contributed by atoms with Crippen molar-refractivity contribution in [2.75, 3.05) is 46.8 Å². The van der Waals surface area contributed by atoms with E-state index in [4.69, 9.17) is 27.9 Å². The van der Waals surface area contributed by atoms with Gasteiger partial charge in [-0.3, -0.25) is 9.69 Å². The molecule has 5 rings (SSSR count). The standard InChI is InChI=1S/C30H35Cl2N7O3/c1-18-16-38(29(41)42-30(3,4)5)19(2)15-37(18)21-12-10-20(11-13-21)34-28-33-14-22-26(35-28)36(6)17-39(27(22)40)25-23(31)8-7-9-24(25)32/h7-14,18-19H,15-17H2,1-6H3,(H,33,34,35). The Labute approximate surface area is 256 Å². The Balaban J connectivity index is 1.27. The molecule has 12 heteroatoms. The summed E-state index contributed by atoms with van der Waals surface area (Å²) in [5.41, 5.74) is 2.15. The molecular formula is C30H35Cl2N7O3. The van der Waals surface area contributed by atoms with Gasteiger partial charge in [-0.05, 0) is 71.0 Å². The summed E-state index contributed by atoms with van der Waals surface area (Å²) in [4.78, 5) is 42.6. The molecule has 1 fully saturated rings. The van der Waals surface area contributed by atoms with Crippen molar-refractivity contribution >= 4 is 64.0 Å². The first kappa shape index (κ1) is 29.7. The van der Waals surface area contributed by atoms with E-state index >= 15 is 0 Å². The van der Waals surface area contributed by atoms with Crippen molar-refractivity contribution in [3.8, 4) is 0 Å². The van der Waals surface area contributed by atoms with Gasteiger partial charge in [0.1, 0.15) is 17.0 Å². The number of hydrogen-bond acceptors (Lipinski definition) is 8. The van der Waals surface area contributed by atoms with Crippen LogP contribution in [-0.4, -0.2) is 71.4 Å². The highest BCUT2D eigenvalue weighted by Crippen LogP contribution is 2.37. The van der Waals surface area contributed by atoms with Gasteiger partial charge in [0.15, 0.2) is 0 Å². The number of hydrogen-bond donors (Lipinski definition) is 1. The Morgan fingerprint density at radius 2 is 1.69 bits per heavy atom. The number of para-hydroxylation sites is 1. The number of rotatable bonds is 4. The number of amides is 2. The Kier molecular flexibility index (Phi) is 8.13. The van der Waals surface area contributed by atoms with Crippen LogP contribution in [0.5, 0.6) is 0 Å². The van der Waals surface area contributed by atoms with E-state index in [1.807, 2.05) is 63.9 Å². The molecule has 0 radical (unpaired) electrons. The molecule has 2 aromatic carbocycles. The van der Waals surface area contributed by atoms with Crippen LogP contribution in [0.4, 0.5) is 33.6 Å². The minimum atomic E-state index is -0.530. The summed E-state index contributed by atoms with van der Waals surface area (Å²) in [7, 11) is 1.85. The third-order valence-corrected chi connectivity index (χ3v) is 7.85. The fraction of sp³-hybridized carbons (Fsp3) is 0.400. The van der Waals surface area contributed by atoms with Gasteiger partial charge in [0.2, 0.25) is 5.95 Å². The maximum atomic E-state index is 13.3. The molecule has 42 heavy (non-hydrogen) atoms. The van der Waals surface area contributed by atoms with Crippen molar-refractivity contribution in [1.82, 2.24) is 14.9 Å². The quantitative estimate of drug-likeness (QED) is 0.361. The molecule has 2 amide bonds. The lowest BCUT2D eigenvalue weighted by Crippen LogP contribution is -2.59. The Hall–Kier alpha value is -3.76. The van der Waals surface area contributed by atoms with Crippen molar-refractivity contribution in [2.45, 2.75) is 52.3 Å². The minimum Gasteiger partial charge on any atom is -0.444 e. The van der Waals surface area contributed by atoms with Crippen molar-refractivity contribution < 1.29 is 14.3 Å². The summed E-state index contributed by atoms with van der Waals surface area (Å²) in [6.45, 7) is 11.3. The van der Waals surface area contributed by atoms with Crippen molar-refractivity contribution in [3.63, 3.8) is 0 Å². The van der Waals surface area contributed by atoms with Gasteiger partial charge in [-0.1, -0.05) is 29.3 Å². The Bertz CT molecular complexity index is 1470. The van der Waals surface area contributed by atoms with Gasteiger partial charge in [0.25, 0.3) is 5.91 Å². The number of carbonyl (C=O) groups excluding carboxylic acids is 2. The molecular weight excluding hydrogens is 577 g/mol. The molecule has 0 bridgehead atoms. The second kappa shape index (κ2) is 11.5. The number of aromatic nitrogens is 2. The number of benzene rings is 2. The molecule has 222 valence electrons. The van der Waals surface area contributed by atoms with Gasteiger partial charge < -0.3 is 24.8 Å². The monoisotopic (exact) mass is 611 g/mol. The zero-order chi connectivity index (χ0) is 30.3. The summed E-state index contributed by atoms with van der Waals surface area (Å²) in [5.74, 6) is 0.613. The summed E-state index contributed by atoms with van der Waals surface area (Å²) in [5, 5.41) is 4.03. The second-order valence-electron chi connectivity index (χ2n) is 11.7. The maximum Gasteiger partial charge on any atom is 0.410 e. The van der Waals surface area contributed by atoms with E-state index in [-0.39, 0.29) is 30.8 Å². The van der Waals surface area contributed by atoms with Crippen LogP contribution in [0.1, 0.15) is 45.0 Å². The number of fused-ring (bicyclic) bond motifs is 1. The molecule has 3 aromatic rings. The van der Waals surface area contributed by atoms with Crippen LogP contribution < -0.4 is 20.0 Å². The van der Waals surface area contributed by atoms with E-state index in [9.17, 15) is 9.59 Å². The molecule has 0 saturated carbocycles. The number of ether oxygens (including phenoxy) is 1. The molecule has 2 aliphatic heterocycles. The number of nitrogens with zero attached hydrogens (tertiary/aromatic N) is 6. The normalized spacial score (nSPS) is 19.1. The Morgan fingerprint density at radius 1 is 1.02 bits per heavy atom. The van der Waals surface area contributed by atoms with Gasteiger partial charge in [-0.15, -0.1) is 0 Å². The molecule has 1 saturated heterocycles. The topological polar surface area (TPSA) is 94.1 Å². The number of piperazine rings is 1. The lowest BCUT2D eigenvalue weighted by Gasteiger charge is -2.45. The number of halogens is 2. The van der Waals surface area contributed by atoms with E-state index in [2.05, 4.69) is 27.1 Å². The van der Waals surface area contributed by atoms with Crippen LogP contribution in [-0.2, 0) is 4.74 Å². The molecule has 3 heterocycles. The molecule has 0 aliphatic carbocycles. The molecule has 10 nitrogen and oxygen atoms in total. The molecule has 1 aromatic heterocycles. The van der Waals surface area contributed by atoms with Gasteiger partial charge in [-0.25, -0.2) is 9.78 Å². The summed E-state index contributed by atoms with van der Waals surface area (Å²) < 4.78 is 5.60. The summed E-state index contributed by atoms with van der Waals surface area (Å²) >= 11 is 12.7. The highest BCUT2D eigenvalue weighted by Gasteiger charge is 2.35.